The molecule has 2 saturated carbocycles. The van der Waals surface area contributed by atoms with E-state index in [0.717, 1.165) is 25.0 Å². The highest BCUT2D eigenvalue weighted by Crippen LogP contribution is 2.66. The van der Waals surface area contributed by atoms with Gasteiger partial charge in [-0.3, -0.25) is 4.79 Å². The Labute approximate surface area is 100 Å². The Balaban J connectivity index is 1.90. The van der Waals surface area contributed by atoms with Crippen LogP contribution < -0.4 is 0 Å². The minimum Gasteiger partial charge on any atom is -0.466 e. The Morgan fingerprint density at radius 3 is 3.18 bits per heavy atom. The van der Waals surface area contributed by atoms with Crippen LogP contribution in [0.1, 0.15) is 31.9 Å². The zero-order chi connectivity index (χ0) is 11.9. The zero-order valence-corrected chi connectivity index (χ0v) is 9.85. The molecule has 0 N–H and O–H groups in total. The Kier molecular flexibility index (Phi) is 2.38. The molecule has 2 aliphatic carbocycles. The number of hydrogen-bond acceptors (Lipinski definition) is 4. The van der Waals surface area contributed by atoms with E-state index in [1.54, 1.807) is 6.20 Å². The number of carbonyl (C=O) groups excluding carboxylic acids is 1. The summed E-state index contributed by atoms with van der Waals surface area (Å²) in [6.07, 6.45) is 7.42. The van der Waals surface area contributed by atoms with Crippen molar-refractivity contribution in [2.24, 2.45) is 11.8 Å². The highest BCUT2D eigenvalue weighted by Gasteiger charge is 2.67. The number of carbonyl (C=O) groups is 1. The quantitative estimate of drug-likeness (QED) is 0.740. The average Bonchev–Trinajstić information content (AvgIpc) is 2.97. The molecule has 0 bridgehead atoms. The molecule has 1 radical (unpaired) electrons. The highest BCUT2D eigenvalue weighted by atomic mass is 16.5. The van der Waals surface area contributed by atoms with E-state index in [2.05, 4.69) is 16.3 Å². The van der Waals surface area contributed by atoms with Gasteiger partial charge in [0.1, 0.15) is 0 Å². The summed E-state index contributed by atoms with van der Waals surface area (Å²) in [4.78, 5) is 20.0. The van der Waals surface area contributed by atoms with Crippen molar-refractivity contribution >= 4 is 5.97 Å². The molecule has 17 heavy (non-hydrogen) atoms. The number of hydrogen-bond donors (Lipinski definition) is 0. The number of esters is 1. The fourth-order valence-electron chi connectivity index (χ4n) is 3.34. The summed E-state index contributed by atoms with van der Waals surface area (Å²) in [5.74, 6) is 0.516. The summed E-state index contributed by atoms with van der Waals surface area (Å²) in [6.45, 7) is 2.30. The van der Waals surface area contributed by atoms with Crippen LogP contribution in [0.25, 0.3) is 0 Å². The largest absolute Gasteiger partial charge is 0.466 e. The Hall–Kier alpha value is -1.45. The number of rotatable bonds is 3. The van der Waals surface area contributed by atoms with Crippen LogP contribution in [0.5, 0.6) is 0 Å². The number of nitrogens with zero attached hydrogens (tertiary/aromatic N) is 2. The lowest BCUT2D eigenvalue weighted by Crippen LogP contribution is -2.29. The molecule has 0 amide bonds. The van der Waals surface area contributed by atoms with Crippen molar-refractivity contribution in [1.29, 1.82) is 0 Å². The first-order valence-electron chi connectivity index (χ1n) is 6.15. The lowest BCUT2D eigenvalue weighted by molar-refractivity contribution is -0.149. The Morgan fingerprint density at radius 1 is 1.65 bits per heavy atom. The van der Waals surface area contributed by atoms with Crippen molar-refractivity contribution in [1.82, 2.24) is 9.97 Å². The van der Waals surface area contributed by atoms with Gasteiger partial charge in [-0.15, -0.1) is 0 Å². The fraction of sp³-hybridized carbons (Fsp3) is 0.615. The third-order valence-electron chi connectivity index (χ3n) is 4.16. The van der Waals surface area contributed by atoms with Crippen LogP contribution in [-0.2, 0) is 14.9 Å². The van der Waals surface area contributed by atoms with Crippen molar-refractivity contribution in [2.45, 2.75) is 31.6 Å². The average molecular weight is 231 g/mol. The van der Waals surface area contributed by atoms with Crippen LogP contribution in [-0.4, -0.2) is 22.5 Å². The normalized spacial score (nSPS) is 34.2. The molecule has 2 fully saturated rings. The minimum atomic E-state index is -0.0638. The molecule has 89 valence electrons. The predicted molar refractivity (Wildman–Crippen MR) is 60.0 cm³/mol. The van der Waals surface area contributed by atoms with E-state index in [-0.39, 0.29) is 17.3 Å². The second-order valence-corrected chi connectivity index (χ2v) is 4.87. The van der Waals surface area contributed by atoms with E-state index in [1.165, 1.54) is 0 Å². The van der Waals surface area contributed by atoms with Gasteiger partial charge in [0, 0.05) is 11.6 Å². The summed E-state index contributed by atoms with van der Waals surface area (Å²) in [5.41, 5.74) is 0.902. The van der Waals surface area contributed by atoms with Gasteiger partial charge < -0.3 is 4.74 Å². The smallest absolute Gasteiger partial charge is 0.309 e. The first-order chi connectivity index (χ1) is 8.29. The fourth-order valence-corrected chi connectivity index (χ4v) is 3.34. The molecule has 0 aliphatic heterocycles. The van der Waals surface area contributed by atoms with Gasteiger partial charge in [0.2, 0.25) is 0 Å². The molecule has 4 nitrogen and oxygen atoms in total. The van der Waals surface area contributed by atoms with E-state index in [9.17, 15) is 4.79 Å². The molecule has 1 heterocycles. The molecule has 3 rings (SSSR count). The van der Waals surface area contributed by atoms with Gasteiger partial charge >= 0.3 is 5.97 Å². The van der Waals surface area contributed by atoms with Crippen LogP contribution >= 0.6 is 0 Å². The first-order valence-corrected chi connectivity index (χ1v) is 6.15. The third-order valence-corrected chi connectivity index (χ3v) is 4.16. The van der Waals surface area contributed by atoms with E-state index in [0.29, 0.717) is 12.5 Å². The molecule has 3 atom stereocenters. The van der Waals surface area contributed by atoms with Gasteiger partial charge in [-0.2, -0.15) is 0 Å². The molecule has 1 aromatic heterocycles. The molecule has 1 aromatic rings. The number of ether oxygens (including phenoxy) is 1. The standard InChI is InChI=1S/C13H15N2O2/c1-2-17-12(16)10-4-3-9-7-13(9,10)11-5-6-14-8-15-11/h5-6,9-10H,2-4,7H2,1H3. The van der Waals surface area contributed by atoms with Crippen LogP contribution in [0.3, 0.4) is 0 Å². The van der Waals surface area contributed by atoms with E-state index >= 15 is 0 Å². The molecule has 4 heteroatoms. The van der Waals surface area contributed by atoms with Crippen LogP contribution in [0.2, 0.25) is 0 Å². The summed E-state index contributed by atoms with van der Waals surface area (Å²) in [7, 11) is 0. The van der Waals surface area contributed by atoms with Crippen molar-refractivity contribution in [3.63, 3.8) is 0 Å². The Bertz CT molecular complexity index is 434. The van der Waals surface area contributed by atoms with Crippen molar-refractivity contribution in [3.05, 3.63) is 24.3 Å². The van der Waals surface area contributed by atoms with Gasteiger partial charge in [-0.05, 0) is 38.2 Å². The molecule has 0 spiro atoms. The third kappa shape index (κ3) is 1.47. The zero-order valence-electron chi connectivity index (χ0n) is 9.85. The maximum atomic E-state index is 12.0. The summed E-state index contributed by atoms with van der Waals surface area (Å²) >= 11 is 0. The lowest BCUT2D eigenvalue weighted by Gasteiger charge is -2.20. The maximum Gasteiger partial charge on any atom is 0.309 e. The van der Waals surface area contributed by atoms with E-state index in [1.807, 2.05) is 13.0 Å². The van der Waals surface area contributed by atoms with Gasteiger partial charge in [0.15, 0.2) is 6.33 Å². The first kappa shape index (κ1) is 10.7. The molecular formula is C13H15N2O2. The van der Waals surface area contributed by atoms with Crippen LogP contribution in [0, 0.1) is 18.2 Å². The van der Waals surface area contributed by atoms with Gasteiger partial charge in [0.05, 0.1) is 18.2 Å². The minimum absolute atomic E-state index is 0.0178. The van der Waals surface area contributed by atoms with Crippen molar-refractivity contribution in [3.8, 4) is 0 Å². The van der Waals surface area contributed by atoms with Gasteiger partial charge in [-0.25, -0.2) is 9.97 Å². The number of aromatic nitrogens is 2. The molecule has 2 aliphatic rings. The molecule has 0 aromatic carbocycles. The monoisotopic (exact) mass is 231 g/mol. The Morgan fingerprint density at radius 2 is 2.53 bits per heavy atom. The molecule has 3 unspecified atom stereocenters. The topological polar surface area (TPSA) is 52.1 Å². The predicted octanol–water partition coefficient (Wildman–Crippen LogP) is 1.51. The summed E-state index contributed by atoms with van der Waals surface area (Å²) < 4.78 is 5.18. The summed E-state index contributed by atoms with van der Waals surface area (Å²) in [5, 5.41) is 0. The van der Waals surface area contributed by atoms with Crippen LogP contribution in [0.4, 0.5) is 0 Å². The van der Waals surface area contributed by atoms with Crippen molar-refractivity contribution in [2.75, 3.05) is 6.61 Å². The highest BCUT2D eigenvalue weighted by molar-refractivity contribution is 5.76. The lowest BCUT2D eigenvalue weighted by atomic mass is 9.87. The van der Waals surface area contributed by atoms with E-state index < -0.39 is 0 Å². The second kappa shape index (κ2) is 3.79. The van der Waals surface area contributed by atoms with Gasteiger partial charge in [-0.1, -0.05) is 0 Å². The van der Waals surface area contributed by atoms with E-state index in [4.69, 9.17) is 4.74 Å². The van der Waals surface area contributed by atoms with Gasteiger partial charge in [0.25, 0.3) is 0 Å². The van der Waals surface area contributed by atoms with Crippen LogP contribution in [0.15, 0.2) is 12.3 Å². The second-order valence-electron chi connectivity index (χ2n) is 4.87. The number of fused-ring (bicyclic) bond motifs is 1. The SMILES string of the molecule is CCOC(=O)C1CCC2CC21c1ccn[c]n1. The molecule has 0 saturated heterocycles. The van der Waals surface area contributed by atoms with Crippen molar-refractivity contribution < 1.29 is 9.53 Å². The summed E-state index contributed by atoms with van der Waals surface area (Å²) in [6, 6.07) is 1.91. The maximum absolute atomic E-state index is 12.0. The molecular weight excluding hydrogens is 216 g/mol.